The van der Waals surface area contributed by atoms with Crippen LogP contribution in [0.5, 0.6) is 0 Å². The first kappa shape index (κ1) is 11.5. The van der Waals surface area contributed by atoms with E-state index in [1.807, 2.05) is 48.7 Å². The Hall–Kier alpha value is -2.03. The van der Waals surface area contributed by atoms with E-state index in [2.05, 4.69) is 28.6 Å². The van der Waals surface area contributed by atoms with Crippen molar-refractivity contribution in [2.75, 3.05) is 0 Å². The van der Waals surface area contributed by atoms with Gasteiger partial charge in [-0.2, -0.15) is 0 Å². The summed E-state index contributed by atoms with van der Waals surface area (Å²) in [5.41, 5.74) is 2.11. The molecule has 1 aromatic heterocycles. The fourth-order valence-corrected chi connectivity index (χ4v) is 1.55. The largest absolute Gasteiger partial charge is 0.350 e. The zero-order chi connectivity index (χ0) is 12.1. The minimum absolute atomic E-state index is 0.871. The molecular weight excluding hydrogens is 210 g/mol. The molecule has 0 radical (unpaired) electrons. The lowest BCUT2D eigenvalue weighted by atomic mass is 10.2. The van der Waals surface area contributed by atoms with Gasteiger partial charge >= 0.3 is 5.82 Å². The Labute approximate surface area is 101 Å². The average Bonchev–Trinajstić information content (AvgIpc) is 2.38. The van der Waals surface area contributed by atoms with Gasteiger partial charge in [-0.15, -0.1) is 0 Å². The van der Waals surface area contributed by atoms with E-state index in [0.29, 0.717) is 0 Å². The highest BCUT2D eigenvalue weighted by atomic mass is 15.2. The number of aromatic nitrogens is 1. The number of rotatable bonds is 3. The molecule has 1 heterocycles. The minimum Gasteiger partial charge on any atom is -0.229 e. The van der Waals surface area contributed by atoms with Crippen LogP contribution < -0.4 is 4.57 Å². The molecule has 0 amide bonds. The van der Waals surface area contributed by atoms with Gasteiger partial charge in [-0.1, -0.05) is 23.8 Å². The molecule has 1 aromatic carbocycles. The van der Waals surface area contributed by atoms with Crippen molar-refractivity contribution in [2.45, 2.75) is 20.4 Å². The van der Waals surface area contributed by atoms with Crippen molar-refractivity contribution in [3.8, 4) is 0 Å². The van der Waals surface area contributed by atoms with Crippen LogP contribution in [0.15, 0.2) is 58.9 Å². The minimum atomic E-state index is 0.871. The van der Waals surface area contributed by atoms with Gasteiger partial charge in [0.15, 0.2) is 0 Å². The van der Waals surface area contributed by atoms with Crippen LogP contribution in [0.2, 0.25) is 0 Å². The van der Waals surface area contributed by atoms with Crippen LogP contribution in [-0.2, 0) is 6.54 Å². The van der Waals surface area contributed by atoms with Gasteiger partial charge in [0.25, 0.3) is 0 Å². The quantitative estimate of drug-likeness (QED) is 0.564. The smallest absolute Gasteiger partial charge is 0.229 e. The van der Waals surface area contributed by atoms with Crippen LogP contribution in [0.25, 0.3) is 0 Å². The van der Waals surface area contributed by atoms with Crippen LogP contribution in [0.1, 0.15) is 12.5 Å². The van der Waals surface area contributed by atoms with Gasteiger partial charge in [0.1, 0.15) is 5.69 Å². The summed E-state index contributed by atoms with van der Waals surface area (Å²) in [5.74, 6) is 0.871. The highest BCUT2D eigenvalue weighted by molar-refractivity contribution is 5.38. The predicted octanol–water partition coefficient (Wildman–Crippen LogP) is 3.72. The molecule has 0 aliphatic carbocycles. The molecule has 3 nitrogen and oxygen atoms in total. The molecule has 0 unspecified atom stereocenters. The van der Waals surface area contributed by atoms with Gasteiger partial charge in [0.2, 0.25) is 0 Å². The lowest BCUT2D eigenvalue weighted by Gasteiger charge is -1.95. The first-order chi connectivity index (χ1) is 8.29. The van der Waals surface area contributed by atoms with E-state index in [1.54, 1.807) is 0 Å². The number of pyridine rings is 1. The SMILES string of the molecule is CC[n+]1ccccc1N=Nc1ccc(C)cc1. The maximum atomic E-state index is 4.26. The molecular formula is C14H16N3+. The maximum absolute atomic E-state index is 4.26. The summed E-state index contributed by atoms with van der Waals surface area (Å²) in [4.78, 5) is 0. The molecule has 0 N–H and O–H groups in total. The summed E-state index contributed by atoms with van der Waals surface area (Å²) in [6, 6.07) is 13.9. The number of azo groups is 1. The molecule has 2 aromatic rings. The Kier molecular flexibility index (Phi) is 3.60. The van der Waals surface area contributed by atoms with E-state index in [-0.39, 0.29) is 0 Å². The molecule has 0 fully saturated rings. The van der Waals surface area contributed by atoms with E-state index in [4.69, 9.17) is 0 Å². The second kappa shape index (κ2) is 5.34. The third-order valence-electron chi connectivity index (χ3n) is 2.56. The molecule has 0 atom stereocenters. The van der Waals surface area contributed by atoms with Gasteiger partial charge < -0.3 is 0 Å². The summed E-state index contributed by atoms with van der Waals surface area (Å²) in [6.07, 6.45) is 2.00. The predicted molar refractivity (Wildman–Crippen MR) is 67.7 cm³/mol. The zero-order valence-corrected chi connectivity index (χ0v) is 10.2. The molecule has 0 saturated carbocycles. The van der Waals surface area contributed by atoms with Crippen LogP contribution in [0, 0.1) is 6.92 Å². The van der Waals surface area contributed by atoms with Crippen molar-refractivity contribution in [1.29, 1.82) is 0 Å². The lowest BCUT2D eigenvalue weighted by Crippen LogP contribution is -2.31. The summed E-state index contributed by atoms with van der Waals surface area (Å²) in [6.45, 7) is 5.04. The van der Waals surface area contributed by atoms with Crippen LogP contribution >= 0.6 is 0 Å². The first-order valence-electron chi connectivity index (χ1n) is 5.76. The summed E-state index contributed by atoms with van der Waals surface area (Å²) in [7, 11) is 0. The molecule has 2 rings (SSSR count). The van der Waals surface area contributed by atoms with Gasteiger partial charge in [0, 0.05) is 6.07 Å². The highest BCUT2D eigenvalue weighted by Gasteiger charge is 2.05. The topological polar surface area (TPSA) is 28.6 Å². The molecule has 0 aliphatic heterocycles. The monoisotopic (exact) mass is 226 g/mol. The van der Waals surface area contributed by atoms with Crippen molar-refractivity contribution in [3.05, 3.63) is 54.2 Å². The first-order valence-corrected chi connectivity index (χ1v) is 5.76. The Morgan fingerprint density at radius 3 is 2.47 bits per heavy atom. The summed E-state index contributed by atoms with van der Waals surface area (Å²) < 4.78 is 2.05. The van der Waals surface area contributed by atoms with E-state index in [1.165, 1.54) is 5.56 Å². The van der Waals surface area contributed by atoms with Crippen LogP contribution in [-0.4, -0.2) is 0 Å². The second-order valence-corrected chi connectivity index (χ2v) is 3.88. The van der Waals surface area contributed by atoms with Crippen molar-refractivity contribution in [1.82, 2.24) is 0 Å². The Morgan fingerprint density at radius 2 is 1.76 bits per heavy atom. The molecule has 0 saturated heterocycles. The van der Waals surface area contributed by atoms with Gasteiger partial charge in [-0.25, -0.2) is 4.57 Å². The summed E-state index contributed by atoms with van der Waals surface area (Å²) in [5, 5.41) is 8.50. The van der Waals surface area contributed by atoms with E-state index < -0.39 is 0 Å². The van der Waals surface area contributed by atoms with Crippen LogP contribution in [0.4, 0.5) is 11.5 Å². The fraction of sp³-hybridized carbons (Fsp3) is 0.214. The maximum Gasteiger partial charge on any atom is 0.350 e. The van der Waals surface area contributed by atoms with Crippen molar-refractivity contribution >= 4 is 11.5 Å². The van der Waals surface area contributed by atoms with Crippen molar-refractivity contribution < 1.29 is 4.57 Å². The number of hydrogen-bond acceptors (Lipinski definition) is 2. The molecule has 3 heteroatoms. The van der Waals surface area contributed by atoms with E-state index in [9.17, 15) is 0 Å². The van der Waals surface area contributed by atoms with E-state index in [0.717, 1.165) is 18.1 Å². The number of nitrogens with zero attached hydrogens (tertiary/aromatic N) is 3. The van der Waals surface area contributed by atoms with Crippen LogP contribution in [0.3, 0.4) is 0 Å². The van der Waals surface area contributed by atoms with Crippen molar-refractivity contribution in [2.24, 2.45) is 10.2 Å². The van der Waals surface area contributed by atoms with Gasteiger partial charge in [-0.3, -0.25) is 0 Å². The van der Waals surface area contributed by atoms with Gasteiger partial charge in [-0.05, 0) is 37.2 Å². The fourth-order valence-electron chi connectivity index (χ4n) is 1.55. The molecule has 0 aliphatic rings. The average molecular weight is 226 g/mol. The lowest BCUT2D eigenvalue weighted by molar-refractivity contribution is -0.681. The summed E-state index contributed by atoms with van der Waals surface area (Å²) >= 11 is 0. The highest BCUT2D eigenvalue weighted by Crippen LogP contribution is 2.15. The van der Waals surface area contributed by atoms with Crippen molar-refractivity contribution in [3.63, 3.8) is 0 Å². The molecule has 86 valence electrons. The second-order valence-electron chi connectivity index (χ2n) is 3.88. The third kappa shape index (κ3) is 2.97. The zero-order valence-electron chi connectivity index (χ0n) is 10.2. The molecule has 0 spiro atoms. The molecule has 0 bridgehead atoms. The number of aryl methyl sites for hydroxylation is 2. The Morgan fingerprint density at radius 1 is 1.00 bits per heavy atom. The Balaban J connectivity index is 2.22. The van der Waals surface area contributed by atoms with Gasteiger partial charge in [0.05, 0.1) is 17.9 Å². The standard InChI is InChI=1S/C14H16N3/c1-3-17-11-5-4-6-14(17)16-15-13-9-7-12(2)8-10-13/h4-11H,3H2,1-2H3/q+1. The Bertz CT molecular complexity index is 515. The number of benzene rings is 1. The number of hydrogen-bond donors (Lipinski definition) is 0. The third-order valence-corrected chi connectivity index (χ3v) is 2.56. The van der Waals surface area contributed by atoms with E-state index >= 15 is 0 Å². The molecule has 17 heavy (non-hydrogen) atoms. The normalized spacial score (nSPS) is 10.9.